The second-order valence-electron chi connectivity index (χ2n) is 4.35. The molecule has 86 valence electrons. The zero-order valence-corrected chi connectivity index (χ0v) is 9.64. The Kier molecular flexibility index (Phi) is 2.30. The van der Waals surface area contributed by atoms with Crippen LogP contribution in [-0.4, -0.2) is 9.97 Å². The van der Waals surface area contributed by atoms with Gasteiger partial charge in [0, 0.05) is 17.7 Å². The molecule has 17 heavy (non-hydrogen) atoms. The van der Waals surface area contributed by atoms with Gasteiger partial charge in [0.25, 0.3) is 0 Å². The van der Waals surface area contributed by atoms with E-state index in [1.807, 2.05) is 13.0 Å². The Morgan fingerprint density at radius 2 is 2.12 bits per heavy atom. The van der Waals surface area contributed by atoms with Crippen LogP contribution in [0.15, 0.2) is 30.3 Å². The summed E-state index contributed by atoms with van der Waals surface area (Å²) in [6.07, 6.45) is 1.02. The van der Waals surface area contributed by atoms with Crippen molar-refractivity contribution in [3.05, 3.63) is 53.0 Å². The van der Waals surface area contributed by atoms with Crippen LogP contribution < -0.4 is 11.3 Å². The van der Waals surface area contributed by atoms with Gasteiger partial charge in [-0.3, -0.25) is 0 Å². The minimum Gasteiger partial charge on any atom is -0.308 e. The van der Waals surface area contributed by atoms with Crippen LogP contribution >= 0.6 is 0 Å². The van der Waals surface area contributed by atoms with Crippen molar-refractivity contribution in [2.75, 3.05) is 5.43 Å². The molecule has 0 amide bonds. The number of fused-ring (bicyclic) bond motifs is 1. The second kappa shape index (κ2) is 3.82. The topological polar surface area (TPSA) is 63.8 Å². The summed E-state index contributed by atoms with van der Waals surface area (Å²) in [4.78, 5) is 8.92. The summed E-state index contributed by atoms with van der Waals surface area (Å²) >= 11 is 0. The van der Waals surface area contributed by atoms with Gasteiger partial charge in [-0.25, -0.2) is 15.8 Å². The molecule has 1 atom stereocenters. The van der Waals surface area contributed by atoms with E-state index in [2.05, 4.69) is 39.7 Å². The van der Waals surface area contributed by atoms with Crippen molar-refractivity contribution < 1.29 is 0 Å². The molecule has 4 nitrogen and oxygen atoms in total. The van der Waals surface area contributed by atoms with Crippen LogP contribution in [0.1, 0.15) is 28.6 Å². The fourth-order valence-electron chi connectivity index (χ4n) is 2.31. The average molecular weight is 226 g/mol. The lowest BCUT2D eigenvalue weighted by atomic mass is 9.77. The minimum absolute atomic E-state index is 0.318. The molecule has 3 rings (SSSR count). The highest BCUT2D eigenvalue weighted by atomic mass is 15.3. The lowest BCUT2D eigenvalue weighted by Crippen LogP contribution is -2.21. The quantitative estimate of drug-likeness (QED) is 0.605. The summed E-state index contributed by atoms with van der Waals surface area (Å²) in [5.41, 5.74) is 6.25. The number of anilines is 1. The molecule has 0 fully saturated rings. The Morgan fingerprint density at radius 3 is 2.88 bits per heavy atom. The van der Waals surface area contributed by atoms with Crippen LogP contribution in [0.5, 0.6) is 0 Å². The third-order valence-electron chi connectivity index (χ3n) is 3.19. The zero-order valence-electron chi connectivity index (χ0n) is 9.64. The molecule has 0 spiro atoms. The van der Waals surface area contributed by atoms with Gasteiger partial charge in [-0.05, 0) is 24.5 Å². The number of aromatic nitrogens is 2. The van der Waals surface area contributed by atoms with Gasteiger partial charge in [0.1, 0.15) is 11.6 Å². The fraction of sp³-hybridized carbons (Fsp3) is 0.231. The van der Waals surface area contributed by atoms with Crippen LogP contribution in [0.25, 0.3) is 0 Å². The summed E-state index contributed by atoms with van der Waals surface area (Å²) < 4.78 is 0. The number of nitrogens with two attached hydrogens (primary N) is 1. The van der Waals surface area contributed by atoms with E-state index in [9.17, 15) is 0 Å². The molecular formula is C13H14N4. The first-order chi connectivity index (χ1) is 8.28. The first kappa shape index (κ1) is 10.2. The average Bonchev–Trinajstić information content (AvgIpc) is 2.30. The molecule has 1 aromatic heterocycles. The number of nitrogen functional groups attached to an aromatic ring is 1. The highest BCUT2D eigenvalue weighted by Gasteiger charge is 2.29. The van der Waals surface area contributed by atoms with Crippen molar-refractivity contribution in [3.63, 3.8) is 0 Å². The predicted octanol–water partition coefficient (Wildman–Crippen LogP) is 1.76. The fourth-order valence-corrected chi connectivity index (χ4v) is 2.31. The van der Waals surface area contributed by atoms with E-state index in [0.717, 1.165) is 17.9 Å². The summed E-state index contributed by atoms with van der Waals surface area (Å²) in [6, 6.07) is 10.3. The molecule has 1 unspecified atom stereocenters. The molecule has 1 heterocycles. The maximum atomic E-state index is 5.40. The number of hydrogen-bond acceptors (Lipinski definition) is 4. The van der Waals surface area contributed by atoms with Gasteiger partial charge in [0.2, 0.25) is 0 Å². The SMILES string of the molecule is Cc1cc(NN)nc(C2Cc3ccccc32)n1. The zero-order chi connectivity index (χ0) is 11.8. The van der Waals surface area contributed by atoms with Gasteiger partial charge in [0.05, 0.1) is 0 Å². The van der Waals surface area contributed by atoms with Gasteiger partial charge in [-0.2, -0.15) is 0 Å². The van der Waals surface area contributed by atoms with Crippen molar-refractivity contribution in [2.24, 2.45) is 5.84 Å². The first-order valence-electron chi connectivity index (χ1n) is 5.68. The predicted molar refractivity (Wildman–Crippen MR) is 66.6 cm³/mol. The molecule has 0 radical (unpaired) electrons. The molecule has 0 saturated heterocycles. The van der Waals surface area contributed by atoms with Gasteiger partial charge < -0.3 is 5.43 Å². The van der Waals surface area contributed by atoms with Crippen molar-refractivity contribution in [2.45, 2.75) is 19.3 Å². The maximum absolute atomic E-state index is 5.40. The number of aryl methyl sites for hydroxylation is 1. The first-order valence-corrected chi connectivity index (χ1v) is 5.68. The lowest BCUT2D eigenvalue weighted by Gasteiger charge is -2.29. The Bertz CT molecular complexity index is 565. The van der Waals surface area contributed by atoms with E-state index in [-0.39, 0.29) is 0 Å². The summed E-state index contributed by atoms with van der Waals surface area (Å²) in [5.74, 6) is 7.26. The molecule has 0 bridgehead atoms. The number of hydrogen-bond donors (Lipinski definition) is 2. The number of nitrogens with one attached hydrogen (secondary N) is 1. The normalized spacial score (nSPS) is 17.2. The highest BCUT2D eigenvalue weighted by Crippen LogP contribution is 2.38. The van der Waals surface area contributed by atoms with Gasteiger partial charge in [-0.15, -0.1) is 0 Å². The van der Waals surface area contributed by atoms with E-state index in [0.29, 0.717) is 11.7 Å². The van der Waals surface area contributed by atoms with E-state index in [4.69, 9.17) is 5.84 Å². The Hall–Kier alpha value is -1.94. The van der Waals surface area contributed by atoms with Crippen LogP contribution in [0.2, 0.25) is 0 Å². The number of nitrogens with zero attached hydrogens (tertiary/aromatic N) is 2. The van der Waals surface area contributed by atoms with E-state index < -0.39 is 0 Å². The second-order valence-corrected chi connectivity index (χ2v) is 4.35. The third-order valence-corrected chi connectivity index (χ3v) is 3.19. The summed E-state index contributed by atoms with van der Waals surface area (Å²) in [7, 11) is 0. The van der Waals surface area contributed by atoms with Crippen LogP contribution in [0.3, 0.4) is 0 Å². The van der Waals surface area contributed by atoms with Crippen molar-refractivity contribution in [1.29, 1.82) is 0 Å². The number of rotatable bonds is 2. The molecule has 4 heteroatoms. The molecule has 1 aliphatic rings. The van der Waals surface area contributed by atoms with Gasteiger partial charge in [-0.1, -0.05) is 24.3 Å². The van der Waals surface area contributed by atoms with Crippen LogP contribution in [-0.2, 0) is 6.42 Å². The van der Waals surface area contributed by atoms with Gasteiger partial charge >= 0.3 is 0 Å². The molecule has 1 aliphatic carbocycles. The smallest absolute Gasteiger partial charge is 0.143 e. The van der Waals surface area contributed by atoms with Crippen molar-refractivity contribution in [3.8, 4) is 0 Å². The van der Waals surface area contributed by atoms with E-state index in [1.165, 1.54) is 11.1 Å². The number of benzene rings is 1. The maximum Gasteiger partial charge on any atom is 0.143 e. The van der Waals surface area contributed by atoms with E-state index in [1.54, 1.807) is 0 Å². The van der Waals surface area contributed by atoms with Gasteiger partial charge in [0.15, 0.2) is 0 Å². The highest BCUT2D eigenvalue weighted by molar-refractivity contribution is 5.45. The molecule has 0 saturated carbocycles. The summed E-state index contributed by atoms with van der Waals surface area (Å²) in [6.45, 7) is 1.95. The van der Waals surface area contributed by atoms with Crippen molar-refractivity contribution in [1.82, 2.24) is 9.97 Å². The largest absolute Gasteiger partial charge is 0.308 e. The minimum atomic E-state index is 0.318. The summed E-state index contributed by atoms with van der Waals surface area (Å²) in [5, 5.41) is 0. The molecular weight excluding hydrogens is 212 g/mol. The standard InChI is InChI=1S/C13H14N4/c1-8-6-12(17-14)16-13(15-8)11-7-9-4-2-3-5-10(9)11/h2-6,11H,7,14H2,1H3,(H,15,16,17). The third kappa shape index (κ3) is 1.66. The number of hydrazine groups is 1. The lowest BCUT2D eigenvalue weighted by molar-refractivity contribution is 0.657. The Balaban J connectivity index is 2.00. The Labute approximate surface area is 99.9 Å². The van der Waals surface area contributed by atoms with Crippen LogP contribution in [0, 0.1) is 6.92 Å². The Morgan fingerprint density at radius 1 is 1.29 bits per heavy atom. The molecule has 1 aromatic carbocycles. The molecule has 0 aliphatic heterocycles. The monoisotopic (exact) mass is 226 g/mol. The van der Waals surface area contributed by atoms with E-state index >= 15 is 0 Å². The van der Waals surface area contributed by atoms with Crippen molar-refractivity contribution >= 4 is 5.82 Å². The van der Waals surface area contributed by atoms with Crippen LogP contribution in [0.4, 0.5) is 5.82 Å². The molecule has 3 N–H and O–H groups in total. The molecule has 2 aromatic rings.